The molecule has 1 aliphatic rings. The average Bonchev–Trinajstić information content (AvgIpc) is 3.10. The van der Waals surface area contributed by atoms with Gasteiger partial charge >= 0.3 is 0 Å². The van der Waals surface area contributed by atoms with Crippen LogP contribution in [0.1, 0.15) is 28.4 Å². The number of ether oxygens (including phenoxy) is 1. The van der Waals surface area contributed by atoms with Crippen molar-refractivity contribution in [3.63, 3.8) is 0 Å². The number of amides is 2. The van der Waals surface area contributed by atoms with Crippen LogP contribution in [0.25, 0.3) is 0 Å². The molecule has 5 nitrogen and oxygen atoms in total. The molecule has 3 aromatic rings. The number of fused-ring (bicyclic) bond motifs is 1. The lowest BCUT2D eigenvalue weighted by Gasteiger charge is -2.16. The van der Waals surface area contributed by atoms with Gasteiger partial charge in [-0.05, 0) is 60.0 Å². The number of nitrogens with one attached hydrogen (secondary N) is 1. The highest BCUT2D eigenvalue weighted by atomic mass is 16.5. The van der Waals surface area contributed by atoms with E-state index < -0.39 is 0 Å². The number of carbonyl (C=O) groups excluding carboxylic acids is 2. The van der Waals surface area contributed by atoms with E-state index in [0.29, 0.717) is 18.0 Å². The maximum atomic E-state index is 12.6. The summed E-state index contributed by atoms with van der Waals surface area (Å²) in [4.78, 5) is 26.4. The Balaban J connectivity index is 1.33. The lowest BCUT2D eigenvalue weighted by Crippen LogP contribution is -2.23. The monoisotopic (exact) mass is 386 g/mol. The van der Waals surface area contributed by atoms with Crippen LogP contribution in [0.5, 0.6) is 5.75 Å². The summed E-state index contributed by atoms with van der Waals surface area (Å²) in [5.41, 5.74) is 4.46. The maximum absolute atomic E-state index is 12.6. The van der Waals surface area contributed by atoms with Crippen LogP contribution in [0, 0.1) is 0 Å². The van der Waals surface area contributed by atoms with Crippen molar-refractivity contribution in [3.05, 3.63) is 89.5 Å². The fourth-order valence-corrected chi connectivity index (χ4v) is 3.35. The van der Waals surface area contributed by atoms with Gasteiger partial charge in [0.2, 0.25) is 0 Å². The van der Waals surface area contributed by atoms with Gasteiger partial charge in [-0.3, -0.25) is 9.59 Å². The minimum absolute atomic E-state index is 0.000114. The van der Waals surface area contributed by atoms with Crippen LogP contribution in [0.15, 0.2) is 72.8 Å². The molecule has 2 amide bonds. The van der Waals surface area contributed by atoms with Crippen molar-refractivity contribution < 1.29 is 14.3 Å². The lowest BCUT2D eigenvalue weighted by molar-refractivity contribution is -0.118. The molecule has 3 aromatic carbocycles. The molecule has 5 heteroatoms. The molecule has 0 spiro atoms. The van der Waals surface area contributed by atoms with Crippen molar-refractivity contribution in [1.82, 2.24) is 0 Å². The number of hydrogen-bond donors (Lipinski definition) is 1. The van der Waals surface area contributed by atoms with Crippen molar-refractivity contribution in [2.45, 2.75) is 19.9 Å². The molecule has 0 radical (unpaired) electrons. The SMILES string of the molecule is CCc1ccc(OCC(=O)Nc2ccc(N3Cc4ccccc4C3=O)cc2)cc1. The summed E-state index contributed by atoms with van der Waals surface area (Å²) in [5.74, 6) is 0.432. The number of nitrogens with zero attached hydrogens (tertiary/aromatic N) is 1. The number of rotatable bonds is 6. The molecule has 0 aromatic heterocycles. The van der Waals surface area contributed by atoms with Crippen LogP contribution in [0.4, 0.5) is 11.4 Å². The number of hydrogen-bond acceptors (Lipinski definition) is 3. The molecular formula is C24H22N2O3. The molecule has 0 bridgehead atoms. The van der Waals surface area contributed by atoms with E-state index in [4.69, 9.17) is 4.74 Å². The van der Waals surface area contributed by atoms with Crippen LogP contribution < -0.4 is 15.0 Å². The first-order valence-corrected chi connectivity index (χ1v) is 9.65. The predicted molar refractivity (Wildman–Crippen MR) is 113 cm³/mol. The van der Waals surface area contributed by atoms with Crippen LogP contribution in [0.2, 0.25) is 0 Å². The van der Waals surface area contributed by atoms with Gasteiger partial charge in [-0.1, -0.05) is 37.3 Å². The molecular weight excluding hydrogens is 364 g/mol. The second-order valence-corrected chi connectivity index (χ2v) is 6.93. The Morgan fingerprint density at radius 1 is 1.00 bits per heavy atom. The van der Waals surface area contributed by atoms with E-state index in [1.165, 1.54) is 5.56 Å². The van der Waals surface area contributed by atoms with Crippen molar-refractivity contribution in [1.29, 1.82) is 0 Å². The maximum Gasteiger partial charge on any atom is 0.262 e. The molecule has 0 saturated heterocycles. The molecule has 0 atom stereocenters. The molecule has 0 aliphatic carbocycles. The van der Waals surface area contributed by atoms with Crippen molar-refractivity contribution in [3.8, 4) is 5.75 Å². The summed E-state index contributed by atoms with van der Waals surface area (Å²) in [5, 5.41) is 2.81. The molecule has 1 aliphatic heterocycles. The summed E-state index contributed by atoms with van der Waals surface area (Å²) < 4.78 is 5.53. The number of benzene rings is 3. The predicted octanol–water partition coefficient (Wildman–Crippen LogP) is 4.43. The minimum atomic E-state index is -0.234. The molecule has 0 fully saturated rings. The standard InChI is InChI=1S/C24H22N2O3/c1-2-17-7-13-21(14-8-17)29-16-23(27)25-19-9-11-20(12-10-19)26-15-18-5-3-4-6-22(18)24(26)28/h3-14H,2,15-16H2,1H3,(H,25,27). The molecule has 4 rings (SSSR count). The highest BCUT2D eigenvalue weighted by molar-refractivity contribution is 6.10. The largest absolute Gasteiger partial charge is 0.484 e. The minimum Gasteiger partial charge on any atom is -0.484 e. The highest BCUT2D eigenvalue weighted by Gasteiger charge is 2.27. The third-order valence-electron chi connectivity index (χ3n) is 4.99. The quantitative estimate of drug-likeness (QED) is 0.682. The first kappa shape index (κ1) is 18.7. The Morgan fingerprint density at radius 3 is 2.41 bits per heavy atom. The van der Waals surface area contributed by atoms with Gasteiger partial charge in [-0.25, -0.2) is 0 Å². The summed E-state index contributed by atoms with van der Waals surface area (Å²) >= 11 is 0. The Labute approximate surface area is 169 Å². The van der Waals surface area contributed by atoms with Gasteiger partial charge in [0.05, 0.1) is 6.54 Å². The van der Waals surface area contributed by atoms with Gasteiger partial charge in [-0.15, -0.1) is 0 Å². The molecule has 0 saturated carbocycles. The average molecular weight is 386 g/mol. The van der Waals surface area contributed by atoms with Crippen molar-refractivity contribution in [2.24, 2.45) is 0 Å². The Kier molecular flexibility index (Phi) is 5.29. The summed E-state index contributed by atoms with van der Waals surface area (Å²) in [7, 11) is 0. The van der Waals surface area contributed by atoms with Crippen LogP contribution in [0.3, 0.4) is 0 Å². The van der Waals surface area contributed by atoms with E-state index in [0.717, 1.165) is 23.2 Å². The first-order valence-electron chi connectivity index (χ1n) is 9.65. The Hall–Kier alpha value is -3.60. The third-order valence-corrected chi connectivity index (χ3v) is 4.99. The summed E-state index contributed by atoms with van der Waals surface area (Å²) in [6.45, 7) is 2.59. The number of anilines is 2. The molecule has 0 unspecified atom stereocenters. The Bertz CT molecular complexity index is 1030. The van der Waals surface area contributed by atoms with Gasteiger partial charge in [0.25, 0.3) is 11.8 Å². The van der Waals surface area contributed by atoms with E-state index in [-0.39, 0.29) is 18.4 Å². The fourth-order valence-electron chi connectivity index (χ4n) is 3.35. The van der Waals surface area contributed by atoms with Gasteiger partial charge in [-0.2, -0.15) is 0 Å². The van der Waals surface area contributed by atoms with Gasteiger partial charge in [0.1, 0.15) is 5.75 Å². The zero-order valence-corrected chi connectivity index (χ0v) is 16.2. The van der Waals surface area contributed by atoms with Crippen molar-refractivity contribution in [2.75, 3.05) is 16.8 Å². The third kappa shape index (κ3) is 4.14. The Morgan fingerprint density at radius 2 is 1.72 bits per heavy atom. The van der Waals surface area contributed by atoms with E-state index in [1.54, 1.807) is 17.0 Å². The van der Waals surface area contributed by atoms with E-state index in [1.807, 2.05) is 60.7 Å². The topological polar surface area (TPSA) is 58.6 Å². The molecule has 1 N–H and O–H groups in total. The molecule has 146 valence electrons. The van der Waals surface area contributed by atoms with E-state index in [9.17, 15) is 9.59 Å². The number of aryl methyl sites for hydroxylation is 1. The highest BCUT2D eigenvalue weighted by Crippen LogP contribution is 2.28. The smallest absolute Gasteiger partial charge is 0.262 e. The van der Waals surface area contributed by atoms with E-state index in [2.05, 4.69) is 12.2 Å². The summed E-state index contributed by atoms with van der Waals surface area (Å²) in [6, 6.07) is 22.6. The normalized spacial score (nSPS) is 12.6. The first-order chi connectivity index (χ1) is 14.1. The zero-order chi connectivity index (χ0) is 20.2. The van der Waals surface area contributed by atoms with Crippen molar-refractivity contribution >= 4 is 23.2 Å². The van der Waals surface area contributed by atoms with Gasteiger partial charge < -0.3 is 15.0 Å². The fraction of sp³-hybridized carbons (Fsp3) is 0.167. The lowest BCUT2D eigenvalue weighted by atomic mass is 10.1. The van der Waals surface area contributed by atoms with Crippen LogP contribution >= 0.6 is 0 Å². The van der Waals surface area contributed by atoms with Crippen LogP contribution in [-0.2, 0) is 17.8 Å². The van der Waals surface area contributed by atoms with Gasteiger partial charge in [0, 0.05) is 16.9 Å². The van der Waals surface area contributed by atoms with Gasteiger partial charge in [0.15, 0.2) is 6.61 Å². The van der Waals surface area contributed by atoms with E-state index >= 15 is 0 Å². The second kappa shape index (κ2) is 8.19. The van der Waals surface area contributed by atoms with Crippen LogP contribution in [-0.4, -0.2) is 18.4 Å². The zero-order valence-electron chi connectivity index (χ0n) is 16.2. The number of carbonyl (C=O) groups is 2. The second-order valence-electron chi connectivity index (χ2n) is 6.93. The summed E-state index contributed by atoms with van der Waals surface area (Å²) in [6.07, 6.45) is 0.964. The molecule has 1 heterocycles. The molecule has 29 heavy (non-hydrogen) atoms.